The monoisotopic (exact) mass is 252 g/mol. The summed E-state index contributed by atoms with van der Waals surface area (Å²) in [5, 5.41) is 8.82. The maximum atomic E-state index is 4.58. The number of aromatic nitrogens is 2. The molecule has 2 heterocycles. The van der Waals surface area contributed by atoms with Crippen LogP contribution in [0.5, 0.6) is 0 Å². The number of rotatable bonds is 4. The third kappa shape index (κ3) is 3.25. The second kappa shape index (κ2) is 5.12. The Morgan fingerprint density at radius 3 is 3.06 bits per heavy atom. The van der Waals surface area contributed by atoms with Crippen LogP contribution in [0, 0.1) is 6.92 Å². The number of aliphatic imine (C=N–C) groups is 1. The second-order valence-corrected chi connectivity index (χ2v) is 5.76. The highest BCUT2D eigenvalue weighted by molar-refractivity contribution is 8.14. The molecule has 5 heteroatoms. The van der Waals surface area contributed by atoms with Gasteiger partial charge in [-0.15, -0.1) is 0 Å². The molecule has 1 aliphatic heterocycles. The molecule has 4 nitrogen and oxygen atoms in total. The van der Waals surface area contributed by atoms with E-state index in [4.69, 9.17) is 0 Å². The lowest BCUT2D eigenvalue weighted by atomic mass is 10.0. The molecular weight excluding hydrogens is 232 g/mol. The molecule has 1 unspecified atom stereocenters. The van der Waals surface area contributed by atoms with Crippen LogP contribution in [0.3, 0.4) is 0 Å². The lowest BCUT2D eigenvalue weighted by molar-refractivity contribution is 0.466. The molecular formula is C12H20N4S. The molecule has 1 atom stereocenters. The first-order valence-electron chi connectivity index (χ1n) is 6.06. The molecule has 2 rings (SSSR count). The number of aryl methyl sites for hydroxylation is 1. The molecule has 0 amide bonds. The molecule has 94 valence electrons. The van der Waals surface area contributed by atoms with E-state index in [1.54, 1.807) is 0 Å². The molecule has 1 saturated heterocycles. The van der Waals surface area contributed by atoms with Crippen molar-refractivity contribution in [1.82, 2.24) is 15.1 Å². The molecule has 0 spiro atoms. The maximum absolute atomic E-state index is 4.58. The largest absolute Gasteiger partial charge is 0.359 e. The lowest BCUT2D eigenvalue weighted by Gasteiger charge is -2.20. The van der Waals surface area contributed by atoms with Crippen LogP contribution in [-0.4, -0.2) is 32.8 Å². The van der Waals surface area contributed by atoms with Crippen molar-refractivity contribution in [1.29, 1.82) is 0 Å². The van der Waals surface area contributed by atoms with Gasteiger partial charge in [0, 0.05) is 17.5 Å². The van der Waals surface area contributed by atoms with Gasteiger partial charge in [-0.25, -0.2) is 0 Å². The third-order valence-corrected chi connectivity index (χ3v) is 4.35. The minimum atomic E-state index is 0.228. The molecule has 1 aromatic heterocycles. The zero-order valence-electron chi connectivity index (χ0n) is 10.7. The molecule has 0 radical (unpaired) electrons. The van der Waals surface area contributed by atoms with Gasteiger partial charge in [-0.2, -0.15) is 5.10 Å². The Balaban J connectivity index is 1.82. The topological polar surface area (TPSA) is 42.2 Å². The van der Waals surface area contributed by atoms with Crippen molar-refractivity contribution in [3.05, 3.63) is 18.0 Å². The smallest absolute Gasteiger partial charge is 0.157 e. The zero-order valence-corrected chi connectivity index (χ0v) is 11.5. The molecule has 0 aliphatic carbocycles. The van der Waals surface area contributed by atoms with E-state index >= 15 is 0 Å². The van der Waals surface area contributed by atoms with Crippen molar-refractivity contribution in [2.75, 3.05) is 12.3 Å². The SMILES string of the molecule is CCC1(C)CSC(=NCCn2cc(C)cn2)N1. The highest BCUT2D eigenvalue weighted by Crippen LogP contribution is 2.25. The number of thioether (sulfide) groups is 1. The number of hydrogen-bond donors (Lipinski definition) is 1. The Bertz CT molecular complexity index is 412. The van der Waals surface area contributed by atoms with Gasteiger partial charge in [0.2, 0.25) is 0 Å². The summed E-state index contributed by atoms with van der Waals surface area (Å²) in [5.41, 5.74) is 1.43. The maximum Gasteiger partial charge on any atom is 0.157 e. The first kappa shape index (κ1) is 12.5. The first-order chi connectivity index (χ1) is 8.11. The van der Waals surface area contributed by atoms with E-state index in [-0.39, 0.29) is 5.54 Å². The molecule has 17 heavy (non-hydrogen) atoms. The summed E-state index contributed by atoms with van der Waals surface area (Å²) < 4.78 is 1.94. The summed E-state index contributed by atoms with van der Waals surface area (Å²) in [6, 6.07) is 0. The standard InChI is InChI=1S/C12H20N4S/c1-4-12(3)9-17-11(15-12)13-5-6-16-8-10(2)7-14-16/h7-8H,4-6,9H2,1-3H3,(H,13,15). The Morgan fingerprint density at radius 1 is 1.65 bits per heavy atom. The van der Waals surface area contributed by atoms with Crippen LogP contribution in [0.1, 0.15) is 25.8 Å². The Kier molecular flexibility index (Phi) is 3.76. The number of nitrogens with one attached hydrogen (secondary N) is 1. The van der Waals surface area contributed by atoms with Crippen LogP contribution < -0.4 is 5.32 Å². The van der Waals surface area contributed by atoms with Crippen molar-refractivity contribution in [2.24, 2.45) is 4.99 Å². The van der Waals surface area contributed by atoms with Crippen molar-refractivity contribution >= 4 is 16.9 Å². The third-order valence-electron chi connectivity index (χ3n) is 3.06. The van der Waals surface area contributed by atoms with Gasteiger partial charge in [0.25, 0.3) is 0 Å². The predicted octanol–water partition coefficient (Wildman–Crippen LogP) is 2.05. The van der Waals surface area contributed by atoms with Crippen LogP contribution in [-0.2, 0) is 6.54 Å². The fourth-order valence-electron chi connectivity index (χ4n) is 1.68. The quantitative estimate of drug-likeness (QED) is 0.892. The lowest BCUT2D eigenvalue weighted by Crippen LogP contribution is -2.39. The first-order valence-corrected chi connectivity index (χ1v) is 7.04. The Morgan fingerprint density at radius 2 is 2.47 bits per heavy atom. The van der Waals surface area contributed by atoms with Crippen LogP contribution in [0.2, 0.25) is 0 Å². The van der Waals surface area contributed by atoms with E-state index in [1.165, 1.54) is 5.56 Å². The van der Waals surface area contributed by atoms with Gasteiger partial charge in [0.15, 0.2) is 5.17 Å². The van der Waals surface area contributed by atoms with E-state index in [0.717, 1.165) is 30.4 Å². The molecule has 1 fully saturated rings. The second-order valence-electron chi connectivity index (χ2n) is 4.80. The van der Waals surface area contributed by atoms with Crippen molar-refractivity contribution < 1.29 is 0 Å². The summed E-state index contributed by atoms with van der Waals surface area (Å²) in [6.07, 6.45) is 5.06. The average Bonchev–Trinajstić information content (AvgIpc) is 2.87. The zero-order chi connectivity index (χ0) is 12.3. The molecule has 0 bridgehead atoms. The molecule has 0 saturated carbocycles. The Labute approximate surface area is 107 Å². The molecule has 1 aromatic rings. The van der Waals surface area contributed by atoms with E-state index in [9.17, 15) is 0 Å². The van der Waals surface area contributed by atoms with Crippen molar-refractivity contribution in [3.63, 3.8) is 0 Å². The van der Waals surface area contributed by atoms with Crippen molar-refractivity contribution in [2.45, 2.75) is 39.3 Å². The fourth-order valence-corrected chi connectivity index (χ4v) is 2.91. The predicted molar refractivity (Wildman–Crippen MR) is 73.6 cm³/mol. The summed E-state index contributed by atoms with van der Waals surface area (Å²) in [5.74, 6) is 1.11. The normalized spacial score (nSPS) is 26.4. The number of hydrogen-bond acceptors (Lipinski definition) is 3. The van der Waals surface area contributed by atoms with Gasteiger partial charge >= 0.3 is 0 Å². The van der Waals surface area contributed by atoms with Gasteiger partial charge in [-0.3, -0.25) is 9.67 Å². The number of amidine groups is 1. The Hall–Kier alpha value is -0.970. The number of nitrogens with zero attached hydrogens (tertiary/aromatic N) is 3. The summed E-state index contributed by atoms with van der Waals surface area (Å²) >= 11 is 1.82. The van der Waals surface area contributed by atoms with Gasteiger partial charge in [-0.05, 0) is 25.8 Å². The minimum Gasteiger partial charge on any atom is -0.359 e. The summed E-state index contributed by atoms with van der Waals surface area (Å²) in [6.45, 7) is 8.15. The van der Waals surface area contributed by atoms with Gasteiger partial charge in [-0.1, -0.05) is 18.7 Å². The van der Waals surface area contributed by atoms with Crippen molar-refractivity contribution in [3.8, 4) is 0 Å². The minimum absolute atomic E-state index is 0.228. The fraction of sp³-hybridized carbons (Fsp3) is 0.667. The highest BCUT2D eigenvalue weighted by atomic mass is 32.2. The van der Waals surface area contributed by atoms with E-state index in [1.807, 2.05) is 28.8 Å². The van der Waals surface area contributed by atoms with E-state index in [0.29, 0.717) is 0 Å². The van der Waals surface area contributed by atoms with Crippen LogP contribution in [0.4, 0.5) is 0 Å². The molecule has 0 aromatic carbocycles. The summed E-state index contributed by atoms with van der Waals surface area (Å²) in [7, 11) is 0. The van der Waals surface area contributed by atoms with Gasteiger partial charge < -0.3 is 5.32 Å². The van der Waals surface area contributed by atoms with Crippen LogP contribution in [0.25, 0.3) is 0 Å². The summed E-state index contributed by atoms with van der Waals surface area (Å²) in [4.78, 5) is 4.58. The highest BCUT2D eigenvalue weighted by Gasteiger charge is 2.30. The van der Waals surface area contributed by atoms with E-state index < -0.39 is 0 Å². The average molecular weight is 252 g/mol. The molecule has 1 aliphatic rings. The van der Waals surface area contributed by atoms with Crippen LogP contribution in [0.15, 0.2) is 17.4 Å². The van der Waals surface area contributed by atoms with E-state index in [2.05, 4.69) is 36.2 Å². The van der Waals surface area contributed by atoms with Gasteiger partial charge in [0.1, 0.15) is 0 Å². The molecule has 1 N–H and O–H groups in total. The van der Waals surface area contributed by atoms with Gasteiger partial charge in [0.05, 0.1) is 19.3 Å². The van der Waals surface area contributed by atoms with Crippen LogP contribution >= 0.6 is 11.8 Å².